The zero-order valence-electron chi connectivity index (χ0n) is 13.9. The minimum absolute atomic E-state index is 0.129. The fourth-order valence-corrected chi connectivity index (χ4v) is 2.38. The molecule has 122 valence electrons. The van der Waals surface area contributed by atoms with Crippen LogP contribution >= 0.6 is 0 Å². The molecule has 0 heterocycles. The maximum atomic E-state index is 11.7. The summed E-state index contributed by atoms with van der Waals surface area (Å²) in [7, 11) is 3.53. The van der Waals surface area contributed by atoms with Crippen LogP contribution in [0.1, 0.15) is 46.5 Å². The standard InChI is InChI=1S/C15H29N3O3/c1-15(2,3)21-14(20)17-12-7-6-11(10-12)16-9-8-13(19)18(4)5/h11-12,16H,6-10H2,1-5H3,(H,17,20). The smallest absolute Gasteiger partial charge is 0.407 e. The number of amides is 2. The molecule has 0 aromatic heterocycles. The van der Waals surface area contributed by atoms with E-state index >= 15 is 0 Å². The van der Waals surface area contributed by atoms with Gasteiger partial charge in [0.05, 0.1) is 0 Å². The number of carbonyl (C=O) groups excluding carboxylic acids is 2. The summed E-state index contributed by atoms with van der Waals surface area (Å²) in [5.74, 6) is 0.129. The van der Waals surface area contributed by atoms with Crippen molar-refractivity contribution >= 4 is 12.0 Å². The van der Waals surface area contributed by atoms with E-state index in [9.17, 15) is 9.59 Å². The van der Waals surface area contributed by atoms with Crippen molar-refractivity contribution < 1.29 is 14.3 Å². The highest BCUT2D eigenvalue weighted by Gasteiger charge is 2.27. The summed E-state index contributed by atoms with van der Waals surface area (Å²) >= 11 is 0. The van der Waals surface area contributed by atoms with Crippen LogP contribution in [0.2, 0.25) is 0 Å². The van der Waals surface area contributed by atoms with E-state index in [0.717, 1.165) is 19.3 Å². The van der Waals surface area contributed by atoms with Crippen LogP contribution in [0.5, 0.6) is 0 Å². The fourth-order valence-electron chi connectivity index (χ4n) is 2.38. The molecule has 0 radical (unpaired) electrons. The summed E-state index contributed by atoms with van der Waals surface area (Å²) in [6.45, 7) is 6.24. The summed E-state index contributed by atoms with van der Waals surface area (Å²) in [5.41, 5.74) is -0.465. The van der Waals surface area contributed by atoms with Gasteiger partial charge >= 0.3 is 6.09 Å². The molecule has 0 bridgehead atoms. The average Bonchev–Trinajstić information content (AvgIpc) is 2.73. The van der Waals surface area contributed by atoms with E-state index in [0.29, 0.717) is 19.0 Å². The Morgan fingerprint density at radius 2 is 1.81 bits per heavy atom. The third-order valence-corrected chi connectivity index (χ3v) is 3.42. The highest BCUT2D eigenvalue weighted by molar-refractivity contribution is 5.75. The molecule has 1 aliphatic carbocycles. The van der Waals surface area contributed by atoms with Crippen LogP contribution in [0.15, 0.2) is 0 Å². The number of ether oxygens (including phenoxy) is 1. The molecule has 2 atom stereocenters. The van der Waals surface area contributed by atoms with Gasteiger partial charge in [0.25, 0.3) is 0 Å². The normalized spacial score (nSPS) is 22.0. The van der Waals surface area contributed by atoms with Crippen LogP contribution in [0.25, 0.3) is 0 Å². The molecule has 2 amide bonds. The Kier molecular flexibility index (Phi) is 6.45. The minimum atomic E-state index is -0.465. The van der Waals surface area contributed by atoms with Crippen LogP contribution in [0.3, 0.4) is 0 Å². The van der Waals surface area contributed by atoms with E-state index < -0.39 is 5.60 Å². The zero-order chi connectivity index (χ0) is 16.0. The van der Waals surface area contributed by atoms with E-state index in [1.807, 2.05) is 20.8 Å². The Balaban J connectivity index is 2.21. The van der Waals surface area contributed by atoms with Crippen molar-refractivity contribution in [2.24, 2.45) is 0 Å². The number of nitrogens with one attached hydrogen (secondary N) is 2. The topological polar surface area (TPSA) is 70.7 Å². The number of rotatable bonds is 5. The third-order valence-electron chi connectivity index (χ3n) is 3.42. The first-order chi connectivity index (χ1) is 9.67. The van der Waals surface area contributed by atoms with Crippen molar-refractivity contribution in [2.45, 2.75) is 64.1 Å². The Hall–Kier alpha value is -1.30. The van der Waals surface area contributed by atoms with E-state index in [2.05, 4.69) is 10.6 Å². The van der Waals surface area contributed by atoms with Crippen molar-refractivity contribution in [3.8, 4) is 0 Å². The van der Waals surface area contributed by atoms with Gasteiger partial charge in [-0.15, -0.1) is 0 Å². The number of nitrogens with zero attached hydrogens (tertiary/aromatic N) is 1. The highest BCUT2D eigenvalue weighted by atomic mass is 16.6. The Bertz CT molecular complexity index is 364. The monoisotopic (exact) mass is 299 g/mol. The number of hydrogen-bond acceptors (Lipinski definition) is 4. The SMILES string of the molecule is CN(C)C(=O)CCNC1CCC(NC(=O)OC(C)(C)C)C1. The second kappa shape index (κ2) is 7.64. The zero-order valence-corrected chi connectivity index (χ0v) is 13.9. The third kappa shape index (κ3) is 7.32. The van der Waals surface area contributed by atoms with Gasteiger partial charge in [0.2, 0.25) is 5.91 Å². The molecule has 2 N–H and O–H groups in total. The van der Waals surface area contributed by atoms with Crippen LogP contribution < -0.4 is 10.6 Å². The van der Waals surface area contributed by atoms with Crippen LogP contribution in [0.4, 0.5) is 4.79 Å². The Labute approximate surface area is 127 Å². The molecule has 0 aliphatic heterocycles. The van der Waals surface area contributed by atoms with E-state index in [-0.39, 0.29) is 18.0 Å². The summed E-state index contributed by atoms with van der Waals surface area (Å²) < 4.78 is 5.25. The quantitative estimate of drug-likeness (QED) is 0.807. The first-order valence-electron chi connectivity index (χ1n) is 7.60. The number of alkyl carbamates (subject to hydrolysis) is 1. The summed E-state index contributed by atoms with van der Waals surface area (Å²) in [6, 6.07) is 0.516. The molecule has 6 heteroatoms. The van der Waals surface area contributed by atoms with Crippen molar-refractivity contribution in [3.63, 3.8) is 0 Å². The molecule has 1 aliphatic rings. The Morgan fingerprint density at radius 3 is 2.38 bits per heavy atom. The Morgan fingerprint density at radius 1 is 1.19 bits per heavy atom. The van der Waals surface area contributed by atoms with Crippen LogP contribution in [-0.2, 0) is 9.53 Å². The summed E-state index contributed by atoms with van der Waals surface area (Å²) in [6.07, 6.45) is 2.99. The molecule has 1 rings (SSSR count). The molecule has 0 saturated heterocycles. The largest absolute Gasteiger partial charge is 0.444 e. The number of hydrogen-bond donors (Lipinski definition) is 2. The molecule has 2 unspecified atom stereocenters. The van der Waals surface area contributed by atoms with Gasteiger partial charge in [-0.1, -0.05) is 0 Å². The van der Waals surface area contributed by atoms with Gasteiger partial charge in [0.15, 0.2) is 0 Å². The summed E-state index contributed by atoms with van der Waals surface area (Å²) in [4.78, 5) is 24.8. The lowest BCUT2D eigenvalue weighted by Crippen LogP contribution is -2.39. The van der Waals surface area contributed by atoms with E-state index in [1.54, 1.807) is 19.0 Å². The molecular formula is C15H29N3O3. The first kappa shape index (κ1) is 17.8. The molecule has 1 saturated carbocycles. The van der Waals surface area contributed by atoms with Crippen LogP contribution in [0, 0.1) is 0 Å². The molecule has 6 nitrogen and oxygen atoms in total. The predicted molar refractivity (Wildman–Crippen MR) is 82.1 cm³/mol. The van der Waals surface area contributed by atoms with Gasteiger partial charge in [-0.3, -0.25) is 4.79 Å². The number of carbonyl (C=O) groups is 2. The lowest BCUT2D eigenvalue weighted by molar-refractivity contribution is -0.128. The van der Waals surface area contributed by atoms with Gasteiger partial charge in [-0.25, -0.2) is 4.79 Å². The molecule has 0 aromatic carbocycles. The maximum absolute atomic E-state index is 11.7. The molecule has 1 fully saturated rings. The second-order valence-corrected chi connectivity index (χ2v) is 6.85. The summed E-state index contributed by atoms with van der Waals surface area (Å²) in [5, 5.41) is 6.29. The molecule has 21 heavy (non-hydrogen) atoms. The average molecular weight is 299 g/mol. The van der Waals surface area contributed by atoms with E-state index in [1.165, 1.54) is 0 Å². The lowest BCUT2D eigenvalue weighted by atomic mass is 10.2. The van der Waals surface area contributed by atoms with Crippen molar-refractivity contribution in [2.75, 3.05) is 20.6 Å². The molecular weight excluding hydrogens is 270 g/mol. The predicted octanol–water partition coefficient (Wildman–Crippen LogP) is 1.50. The second-order valence-electron chi connectivity index (χ2n) is 6.85. The van der Waals surface area contributed by atoms with Gasteiger partial charge in [-0.2, -0.15) is 0 Å². The molecule has 0 spiro atoms. The van der Waals surface area contributed by atoms with Gasteiger partial charge in [0.1, 0.15) is 5.60 Å². The molecule has 0 aromatic rings. The van der Waals surface area contributed by atoms with Crippen molar-refractivity contribution in [1.82, 2.24) is 15.5 Å². The minimum Gasteiger partial charge on any atom is -0.444 e. The van der Waals surface area contributed by atoms with Gasteiger partial charge < -0.3 is 20.3 Å². The lowest BCUT2D eigenvalue weighted by Gasteiger charge is -2.22. The van der Waals surface area contributed by atoms with E-state index in [4.69, 9.17) is 4.74 Å². The van der Waals surface area contributed by atoms with Crippen LogP contribution in [-0.4, -0.2) is 55.2 Å². The van der Waals surface area contributed by atoms with Gasteiger partial charge in [-0.05, 0) is 40.0 Å². The fraction of sp³-hybridized carbons (Fsp3) is 0.867. The van der Waals surface area contributed by atoms with Gasteiger partial charge in [0, 0.05) is 39.1 Å². The highest BCUT2D eigenvalue weighted by Crippen LogP contribution is 2.19. The van der Waals surface area contributed by atoms with Crippen molar-refractivity contribution in [1.29, 1.82) is 0 Å². The van der Waals surface area contributed by atoms with Crippen molar-refractivity contribution in [3.05, 3.63) is 0 Å². The first-order valence-corrected chi connectivity index (χ1v) is 7.60. The maximum Gasteiger partial charge on any atom is 0.407 e.